The van der Waals surface area contributed by atoms with Crippen molar-refractivity contribution in [1.29, 1.82) is 0 Å². The molecular formula is C18H32O4Ti. The second-order valence-corrected chi connectivity index (χ2v) is 5.87. The van der Waals surface area contributed by atoms with Crippen LogP contribution in [0, 0.1) is 20.8 Å². The van der Waals surface area contributed by atoms with E-state index < -0.39 is 18.3 Å². The van der Waals surface area contributed by atoms with Crippen molar-refractivity contribution in [1.82, 2.24) is 0 Å². The Bertz CT molecular complexity index is 332. The summed E-state index contributed by atoms with van der Waals surface area (Å²) in [6, 6.07) is 3.82. The Hall–Kier alpha value is -0.386. The van der Waals surface area contributed by atoms with E-state index in [2.05, 4.69) is 0 Å². The first kappa shape index (κ1) is 30.5. The number of benzene rings is 1. The van der Waals surface area contributed by atoms with E-state index in [-0.39, 0.29) is 27.5 Å². The van der Waals surface area contributed by atoms with Gasteiger partial charge in [-0.2, -0.15) is 0 Å². The van der Waals surface area contributed by atoms with Gasteiger partial charge in [0.2, 0.25) is 0 Å². The number of aryl methyl sites for hydroxylation is 3. The summed E-state index contributed by atoms with van der Waals surface area (Å²) < 4.78 is 0. The first-order chi connectivity index (χ1) is 9.81. The van der Waals surface area contributed by atoms with Crippen LogP contribution in [0.2, 0.25) is 0 Å². The summed E-state index contributed by atoms with van der Waals surface area (Å²) in [6.07, 6.45) is -1.25. The molecule has 4 nitrogen and oxygen atoms in total. The molecule has 0 saturated heterocycles. The Morgan fingerprint density at radius 2 is 0.826 bits per heavy atom. The molecule has 1 aromatic rings. The third-order valence-corrected chi connectivity index (χ3v) is 1.60. The fraction of sp³-hybridized carbons (Fsp3) is 0.667. The molecule has 0 unspecified atom stereocenters. The molecule has 132 valence electrons. The third-order valence-electron chi connectivity index (χ3n) is 1.60. The quantitative estimate of drug-likeness (QED) is 0.644. The SMILES string of the molecule is CC(C)[O-].CC(C)[O-].CC(C)[O-].Cc1cc(C)c([O-])c(C)c1.[Ti+4]. The second-order valence-electron chi connectivity index (χ2n) is 5.87. The van der Waals surface area contributed by atoms with Gasteiger partial charge in [0.05, 0.1) is 0 Å². The first-order valence-corrected chi connectivity index (χ1v) is 7.53. The maximum Gasteiger partial charge on any atom is 4.00 e. The van der Waals surface area contributed by atoms with Crippen molar-refractivity contribution in [3.63, 3.8) is 0 Å². The third kappa shape index (κ3) is 34.1. The largest absolute Gasteiger partial charge is 4.00 e. The molecule has 0 radical (unpaired) electrons. The summed E-state index contributed by atoms with van der Waals surface area (Å²) in [5.41, 5.74) is 2.85. The predicted octanol–water partition coefficient (Wildman–Crippen LogP) is 0.948. The summed E-state index contributed by atoms with van der Waals surface area (Å²) in [5.74, 6) is 0.172. The van der Waals surface area contributed by atoms with E-state index >= 15 is 0 Å². The van der Waals surface area contributed by atoms with E-state index in [4.69, 9.17) is 0 Å². The van der Waals surface area contributed by atoms with Crippen molar-refractivity contribution in [2.75, 3.05) is 0 Å². The van der Waals surface area contributed by atoms with Gasteiger partial charge in [-0.25, -0.2) is 0 Å². The van der Waals surface area contributed by atoms with Gasteiger partial charge < -0.3 is 20.4 Å². The number of hydrogen-bond acceptors (Lipinski definition) is 4. The first-order valence-electron chi connectivity index (χ1n) is 7.53. The van der Waals surface area contributed by atoms with Crippen LogP contribution in [0.3, 0.4) is 0 Å². The average Bonchev–Trinajstić information content (AvgIpc) is 2.23. The zero-order chi connectivity index (χ0) is 18.5. The Kier molecular flexibility index (Phi) is 23.8. The Labute approximate surface area is 157 Å². The van der Waals surface area contributed by atoms with E-state index in [9.17, 15) is 20.4 Å². The molecule has 0 aliphatic rings. The summed E-state index contributed by atoms with van der Waals surface area (Å²) >= 11 is 0. The van der Waals surface area contributed by atoms with Crippen LogP contribution in [-0.4, -0.2) is 18.3 Å². The van der Waals surface area contributed by atoms with Crippen molar-refractivity contribution in [3.8, 4) is 5.75 Å². The summed E-state index contributed by atoms with van der Waals surface area (Å²) in [4.78, 5) is 0. The van der Waals surface area contributed by atoms with Gasteiger partial charge >= 0.3 is 21.7 Å². The Balaban J connectivity index is -0.000000118. The van der Waals surface area contributed by atoms with Gasteiger partial charge in [-0.3, -0.25) is 0 Å². The summed E-state index contributed by atoms with van der Waals surface area (Å²) in [7, 11) is 0. The van der Waals surface area contributed by atoms with Gasteiger partial charge in [0.15, 0.2) is 0 Å². The van der Waals surface area contributed by atoms with Crippen molar-refractivity contribution >= 4 is 0 Å². The minimum atomic E-state index is -0.417. The standard InChI is InChI=1S/C9H12O.3C3H7O.Ti/c1-6-4-7(2)9(10)8(3)5-6;3*1-3(2)4;/h4-5,10H,1-3H3;3*3H,1-2H3;/q;3*-1;+4/p-1. The van der Waals surface area contributed by atoms with Gasteiger partial charge in [-0.05, 0) is 20.8 Å². The molecule has 5 heteroatoms. The molecule has 0 aliphatic carbocycles. The maximum absolute atomic E-state index is 11.1. The Morgan fingerprint density at radius 3 is 1.00 bits per heavy atom. The molecule has 1 rings (SSSR count). The zero-order valence-electron chi connectivity index (χ0n) is 16.0. The summed E-state index contributed by atoms with van der Waals surface area (Å²) in [5, 5.41) is 39.7. The fourth-order valence-electron chi connectivity index (χ4n) is 1.17. The van der Waals surface area contributed by atoms with Gasteiger partial charge in [0.25, 0.3) is 0 Å². The van der Waals surface area contributed by atoms with Crippen LogP contribution in [0.25, 0.3) is 0 Å². The molecule has 0 fully saturated rings. The van der Waals surface area contributed by atoms with E-state index in [0.717, 1.165) is 16.7 Å². The molecule has 0 bridgehead atoms. The van der Waals surface area contributed by atoms with Crippen LogP contribution in [0.1, 0.15) is 58.2 Å². The molecule has 0 N–H and O–H groups in total. The minimum Gasteiger partial charge on any atom is -0.872 e. The molecule has 0 aliphatic heterocycles. The molecule has 0 heterocycles. The van der Waals surface area contributed by atoms with Crippen molar-refractivity contribution < 1.29 is 42.1 Å². The molecular weight excluding hydrogens is 328 g/mol. The second kappa shape index (κ2) is 18.0. The van der Waals surface area contributed by atoms with E-state index in [1.807, 2.05) is 32.9 Å². The predicted molar refractivity (Wildman–Crippen MR) is 85.5 cm³/mol. The normalized spacial score (nSPS) is 9.00. The van der Waals surface area contributed by atoms with Gasteiger partial charge in [-0.15, -0.1) is 24.1 Å². The van der Waals surface area contributed by atoms with Crippen LogP contribution in [0.5, 0.6) is 5.75 Å². The maximum atomic E-state index is 11.1. The molecule has 0 aromatic heterocycles. The number of hydrogen-bond donors (Lipinski definition) is 0. The van der Waals surface area contributed by atoms with Crippen LogP contribution in [0.15, 0.2) is 12.1 Å². The van der Waals surface area contributed by atoms with Crippen LogP contribution in [0.4, 0.5) is 0 Å². The fourth-order valence-corrected chi connectivity index (χ4v) is 1.17. The van der Waals surface area contributed by atoms with E-state index in [0.29, 0.717) is 0 Å². The molecule has 0 saturated carbocycles. The van der Waals surface area contributed by atoms with Crippen molar-refractivity contribution in [2.45, 2.75) is 80.6 Å². The van der Waals surface area contributed by atoms with Crippen molar-refractivity contribution in [3.05, 3.63) is 28.8 Å². The molecule has 0 atom stereocenters. The molecule has 0 spiro atoms. The van der Waals surface area contributed by atoms with Crippen LogP contribution in [-0.2, 0) is 21.7 Å². The van der Waals surface area contributed by atoms with Crippen LogP contribution < -0.4 is 20.4 Å². The smallest absolute Gasteiger partial charge is 0.872 e. The van der Waals surface area contributed by atoms with Gasteiger partial charge in [-0.1, -0.05) is 70.4 Å². The van der Waals surface area contributed by atoms with Crippen LogP contribution >= 0.6 is 0 Å². The minimum absolute atomic E-state index is 0. The number of rotatable bonds is 0. The average molecular weight is 360 g/mol. The van der Waals surface area contributed by atoms with Gasteiger partial charge in [0.1, 0.15) is 0 Å². The monoisotopic (exact) mass is 360 g/mol. The summed E-state index contributed by atoms with van der Waals surface area (Å²) in [6.45, 7) is 15.4. The molecule has 1 aromatic carbocycles. The van der Waals surface area contributed by atoms with Crippen molar-refractivity contribution in [2.24, 2.45) is 0 Å². The zero-order valence-corrected chi connectivity index (χ0v) is 17.6. The molecule has 23 heavy (non-hydrogen) atoms. The van der Waals surface area contributed by atoms with Gasteiger partial charge in [0, 0.05) is 0 Å². The van der Waals surface area contributed by atoms with E-state index in [1.54, 1.807) is 41.5 Å². The van der Waals surface area contributed by atoms with E-state index in [1.165, 1.54) is 0 Å². The topological polar surface area (TPSA) is 92.2 Å². The molecule has 0 amide bonds. The Morgan fingerprint density at radius 1 is 0.652 bits per heavy atom.